The molecule has 1 aromatic carbocycles. The molecule has 1 saturated heterocycles. The highest BCUT2D eigenvalue weighted by Crippen LogP contribution is 2.35. The van der Waals surface area contributed by atoms with Gasteiger partial charge in [-0.15, -0.1) is 0 Å². The summed E-state index contributed by atoms with van der Waals surface area (Å²) in [5.41, 5.74) is -0.516. The molecule has 3 rings (SSSR count). The topological polar surface area (TPSA) is 50.2 Å². The summed E-state index contributed by atoms with van der Waals surface area (Å²) in [6.45, 7) is 3.03. The summed E-state index contributed by atoms with van der Waals surface area (Å²) in [7, 11) is 1.53. The molecule has 1 aliphatic rings. The Morgan fingerprint density at radius 1 is 1.36 bits per heavy atom. The van der Waals surface area contributed by atoms with Crippen LogP contribution in [0.15, 0.2) is 30.5 Å². The van der Waals surface area contributed by atoms with Crippen molar-refractivity contribution in [2.45, 2.75) is 25.6 Å². The van der Waals surface area contributed by atoms with E-state index in [1.54, 1.807) is 31.2 Å². The number of carbonyl (C=O) groups excluding carboxylic acids is 1. The van der Waals surface area contributed by atoms with Crippen LogP contribution in [0.5, 0.6) is 0 Å². The van der Waals surface area contributed by atoms with E-state index in [9.17, 15) is 18.0 Å². The van der Waals surface area contributed by atoms with Crippen LogP contribution in [-0.4, -0.2) is 46.8 Å². The Labute approximate surface area is 143 Å². The first-order valence-electron chi connectivity index (χ1n) is 8.00. The van der Waals surface area contributed by atoms with E-state index in [-0.39, 0.29) is 6.04 Å². The zero-order valence-electron chi connectivity index (χ0n) is 14.0. The fourth-order valence-corrected chi connectivity index (χ4v) is 3.09. The highest BCUT2D eigenvalue weighted by molar-refractivity contribution is 5.95. The van der Waals surface area contributed by atoms with Gasteiger partial charge in [0.25, 0.3) is 5.91 Å². The number of nitrogens with one attached hydrogen (secondary N) is 1. The minimum Gasteiger partial charge on any atom is -0.337 e. The predicted molar refractivity (Wildman–Crippen MR) is 86.7 cm³/mol. The van der Waals surface area contributed by atoms with Crippen LogP contribution in [0.2, 0.25) is 0 Å². The number of carbonyl (C=O) groups is 1. The molecule has 0 bridgehead atoms. The number of nitrogens with zero attached hydrogens (tertiary/aromatic N) is 3. The van der Waals surface area contributed by atoms with Crippen molar-refractivity contribution in [3.8, 4) is 5.69 Å². The fourth-order valence-electron chi connectivity index (χ4n) is 3.09. The first kappa shape index (κ1) is 17.5. The van der Waals surface area contributed by atoms with Crippen LogP contribution in [0.1, 0.15) is 28.0 Å². The van der Waals surface area contributed by atoms with E-state index in [0.717, 1.165) is 23.8 Å². The zero-order valence-corrected chi connectivity index (χ0v) is 14.0. The number of rotatable bonds is 3. The first-order chi connectivity index (χ1) is 11.8. The molecular formula is C17H19F3N4O. The average Bonchev–Trinajstić information content (AvgIpc) is 3.23. The molecule has 1 amide bonds. The average molecular weight is 352 g/mol. The Bertz CT molecular complexity index is 778. The minimum absolute atomic E-state index is 0.115. The summed E-state index contributed by atoms with van der Waals surface area (Å²) in [5.74, 6) is -0.666. The van der Waals surface area contributed by atoms with Gasteiger partial charge in [-0.05, 0) is 31.5 Å². The molecule has 1 aromatic heterocycles. The summed E-state index contributed by atoms with van der Waals surface area (Å²) >= 11 is 0. The van der Waals surface area contributed by atoms with Crippen molar-refractivity contribution < 1.29 is 18.0 Å². The molecular weight excluding hydrogens is 333 g/mol. The van der Waals surface area contributed by atoms with Gasteiger partial charge in [0, 0.05) is 19.6 Å². The van der Waals surface area contributed by atoms with Crippen LogP contribution in [0.4, 0.5) is 13.2 Å². The van der Waals surface area contributed by atoms with Crippen molar-refractivity contribution in [3.05, 3.63) is 47.3 Å². The third-order valence-corrected chi connectivity index (χ3v) is 4.51. The number of hydrogen-bond acceptors (Lipinski definition) is 3. The number of amides is 1. The lowest BCUT2D eigenvalue weighted by molar-refractivity contribution is -0.143. The van der Waals surface area contributed by atoms with Gasteiger partial charge in [-0.25, -0.2) is 4.68 Å². The molecule has 1 aliphatic heterocycles. The molecule has 5 nitrogen and oxygen atoms in total. The van der Waals surface area contributed by atoms with E-state index in [1.807, 2.05) is 0 Å². The van der Waals surface area contributed by atoms with Crippen LogP contribution < -0.4 is 5.32 Å². The van der Waals surface area contributed by atoms with E-state index in [1.165, 1.54) is 11.9 Å². The number of likely N-dealkylation sites (N-methyl/N-ethyl adjacent to an activating group) is 1. The van der Waals surface area contributed by atoms with E-state index in [4.69, 9.17) is 0 Å². The Hall–Kier alpha value is -2.35. The van der Waals surface area contributed by atoms with Gasteiger partial charge in [-0.1, -0.05) is 18.2 Å². The largest absolute Gasteiger partial charge is 0.434 e. The Kier molecular flexibility index (Phi) is 4.55. The lowest BCUT2D eigenvalue weighted by Crippen LogP contribution is -2.39. The molecule has 0 saturated carbocycles. The standard InChI is InChI=1S/C17H19F3N4O/c1-11-5-3-4-6-14(11)24-15(17(18,19)20)13(10-22-24)16(25)23(2)12-7-8-21-9-12/h3-6,10,12,21H,7-9H2,1-2H3. The van der Waals surface area contributed by atoms with Gasteiger partial charge in [0.1, 0.15) is 0 Å². The van der Waals surface area contributed by atoms with Crippen molar-refractivity contribution in [2.24, 2.45) is 0 Å². The third-order valence-electron chi connectivity index (χ3n) is 4.51. The van der Waals surface area contributed by atoms with Gasteiger partial charge >= 0.3 is 6.18 Å². The quantitative estimate of drug-likeness (QED) is 0.924. The van der Waals surface area contributed by atoms with Crippen molar-refractivity contribution in [1.82, 2.24) is 20.0 Å². The lowest BCUT2D eigenvalue weighted by Gasteiger charge is -2.24. The fraction of sp³-hybridized carbons (Fsp3) is 0.412. The van der Waals surface area contributed by atoms with Crippen LogP contribution in [0.3, 0.4) is 0 Å². The van der Waals surface area contributed by atoms with Crippen molar-refractivity contribution >= 4 is 5.91 Å². The van der Waals surface area contributed by atoms with Gasteiger partial charge in [-0.3, -0.25) is 4.79 Å². The predicted octanol–water partition coefficient (Wildman–Crippen LogP) is 2.63. The molecule has 25 heavy (non-hydrogen) atoms. The Balaban J connectivity index is 2.06. The first-order valence-corrected chi connectivity index (χ1v) is 8.00. The smallest absolute Gasteiger partial charge is 0.337 e. The van der Waals surface area contributed by atoms with Crippen LogP contribution >= 0.6 is 0 Å². The summed E-state index contributed by atoms with van der Waals surface area (Å²) in [5, 5.41) is 6.98. The third kappa shape index (κ3) is 3.26. The SMILES string of the molecule is Cc1ccccc1-n1ncc(C(=O)N(C)C2CCNC2)c1C(F)(F)F. The van der Waals surface area contributed by atoms with Gasteiger partial charge < -0.3 is 10.2 Å². The molecule has 134 valence electrons. The second kappa shape index (κ2) is 6.51. The van der Waals surface area contributed by atoms with Crippen LogP contribution in [-0.2, 0) is 6.18 Å². The summed E-state index contributed by atoms with van der Waals surface area (Å²) < 4.78 is 42.0. The number of halogens is 3. The van der Waals surface area contributed by atoms with E-state index >= 15 is 0 Å². The van der Waals surface area contributed by atoms with E-state index in [2.05, 4.69) is 10.4 Å². The summed E-state index contributed by atoms with van der Waals surface area (Å²) in [4.78, 5) is 14.0. The van der Waals surface area contributed by atoms with Gasteiger partial charge in [0.05, 0.1) is 17.4 Å². The molecule has 1 fully saturated rings. The normalized spacial score (nSPS) is 17.7. The molecule has 0 spiro atoms. The lowest BCUT2D eigenvalue weighted by atomic mass is 10.1. The maximum atomic E-state index is 13.7. The highest BCUT2D eigenvalue weighted by atomic mass is 19.4. The van der Waals surface area contributed by atoms with Gasteiger partial charge in [0.2, 0.25) is 0 Å². The second-order valence-corrected chi connectivity index (χ2v) is 6.17. The van der Waals surface area contributed by atoms with Crippen molar-refractivity contribution in [1.29, 1.82) is 0 Å². The van der Waals surface area contributed by atoms with Crippen LogP contribution in [0.25, 0.3) is 5.69 Å². The molecule has 1 atom stereocenters. The van der Waals surface area contributed by atoms with Crippen molar-refractivity contribution in [2.75, 3.05) is 20.1 Å². The summed E-state index contributed by atoms with van der Waals surface area (Å²) in [6.07, 6.45) is -2.97. The second-order valence-electron chi connectivity index (χ2n) is 6.17. The van der Waals surface area contributed by atoms with E-state index < -0.39 is 23.3 Å². The monoisotopic (exact) mass is 352 g/mol. The molecule has 1 unspecified atom stereocenters. The van der Waals surface area contributed by atoms with Gasteiger partial charge in [0.15, 0.2) is 5.69 Å². The Morgan fingerprint density at radius 2 is 2.08 bits per heavy atom. The Morgan fingerprint density at radius 3 is 2.68 bits per heavy atom. The van der Waals surface area contributed by atoms with Gasteiger partial charge in [-0.2, -0.15) is 18.3 Å². The summed E-state index contributed by atoms with van der Waals surface area (Å²) in [6, 6.07) is 6.52. The molecule has 2 aromatic rings. The highest BCUT2D eigenvalue weighted by Gasteiger charge is 2.42. The maximum absolute atomic E-state index is 13.7. The maximum Gasteiger partial charge on any atom is 0.434 e. The van der Waals surface area contributed by atoms with Crippen molar-refractivity contribution in [3.63, 3.8) is 0 Å². The minimum atomic E-state index is -4.70. The number of benzene rings is 1. The molecule has 0 radical (unpaired) electrons. The van der Waals surface area contributed by atoms with E-state index in [0.29, 0.717) is 17.8 Å². The molecule has 8 heteroatoms. The van der Waals surface area contributed by atoms with Crippen LogP contribution in [0, 0.1) is 6.92 Å². The zero-order chi connectivity index (χ0) is 18.2. The number of hydrogen-bond donors (Lipinski definition) is 1. The molecule has 1 N–H and O–H groups in total. The number of aryl methyl sites for hydroxylation is 1. The molecule has 0 aliphatic carbocycles. The number of alkyl halides is 3. The number of para-hydroxylation sites is 1. The molecule has 2 heterocycles. The number of aromatic nitrogens is 2.